The molecule has 0 aliphatic carbocycles. The summed E-state index contributed by atoms with van der Waals surface area (Å²) in [4.78, 5) is 54.2. The third kappa shape index (κ3) is 6.71. The van der Waals surface area contributed by atoms with Crippen molar-refractivity contribution in [3.63, 3.8) is 0 Å². The Balaban J connectivity index is 0.973. The van der Waals surface area contributed by atoms with Crippen molar-refractivity contribution >= 4 is 74.7 Å². The van der Waals surface area contributed by atoms with Crippen LogP contribution in [0.5, 0.6) is 0 Å². The molecule has 0 saturated carbocycles. The third-order valence-electron chi connectivity index (χ3n) is 10.6. The van der Waals surface area contributed by atoms with Crippen LogP contribution in [0, 0.1) is 5.41 Å². The number of carbonyl (C=O) groups is 3. The number of nitrogens with one attached hydrogen (secondary N) is 2. The summed E-state index contributed by atoms with van der Waals surface area (Å²) in [6.45, 7) is 6.03. The number of Topliss-reactive ketones (excluding diaryl/α,β-unsaturated/α-hetero) is 1. The number of hydrogen-bond acceptors (Lipinski definition) is 13. The fourth-order valence-electron chi connectivity index (χ4n) is 7.73. The van der Waals surface area contributed by atoms with Crippen molar-refractivity contribution in [2.24, 2.45) is 5.41 Å². The lowest BCUT2D eigenvalue weighted by molar-refractivity contribution is -0.131. The van der Waals surface area contributed by atoms with E-state index in [2.05, 4.69) is 59.4 Å². The van der Waals surface area contributed by atoms with E-state index >= 15 is 0 Å². The van der Waals surface area contributed by atoms with E-state index in [0.29, 0.717) is 71.7 Å². The lowest BCUT2D eigenvalue weighted by atomic mass is 9.73. The minimum Gasteiger partial charge on any atom is -0.382 e. The van der Waals surface area contributed by atoms with Crippen LogP contribution in [0.3, 0.4) is 0 Å². The zero-order chi connectivity index (χ0) is 35.2. The Kier molecular flexibility index (Phi) is 10.1. The standard InChI is InChI=1S/C34H39BrClN9O4S/c1-18-29(41-12-19-10-20-15-45(33(48)22(20)11-23(19)35)21-2-3-24(40-13-21)25(47)16-46)34(17-49-18)5-8-44(9-6-34)27-14-42-32(31(38)43-27)50-26-4-7-39-30(37)28(26)36/h4,7,10-11,14,16,18,21,24,29,40-41H,2-3,5-6,8-9,12-13,15,17H2,1H3,(H2,37,39)(H2,38,43)/t18-,21?,24?,29+/m0/s1. The maximum absolute atomic E-state index is 13.4. The summed E-state index contributed by atoms with van der Waals surface area (Å²) in [5.74, 6) is 0.886. The monoisotopic (exact) mass is 783 g/mol. The number of aromatic nitrogens is 3. The predicted molar refractivity (Wildman–Crippen MR) is 194 cm³/mol. The quantitative estimate of drug-likeness (QED) is 0.183. The summed E-state index contributed by atoms with van der Waals surface area (Å²) in [5, 5.41) is 7.90. The second-order valence-corrected chi connectivity index (χ2v) is 15.8. The first-order chi connectivity index (χ1) is 24.1. The van der Waals surface area contributed by atoms with Crippen molar-refractivity contribution in [1.29, 1.82) is 0 Å². The van der Waals surface area contributed by atoms with E-state index < -0.39 is 11.8 Å². The van der Waals surface area contributed by atoms with Crippen LogP contribution >= 0.6 is 39.3 Å². The smallest absolute Gasteiger partial charge is 0.254 e. The van der Waals surface area contributed by atoms with E-state index in [1.165, 1.54) is 11.8 Å². The summed E-state index contributed by atoms with van der Waals surface area (Å²) >= 11 is 11.4. The van der Waals surface area contributed by atoms with E-state index in [-0.39, 0.29) is 35.3 Å². The van der Waals surface area contributed by atoms with Gasteiger partial charge in [-0.15, -0.1) is 0 Å². The Morgan fingerprint density at radius 2 is 2.04 bits per heavy atom. The molecular weight excluding hydrogens is 746 g/mol. The van der Waals surface area contributed by atoms with Gasteiger partial charge in [-0.1, -0.05) is 45.4 Å². The molecule has 3 saturated heterocycles. The first-order valence-electron chi connectivity index (χ1n) is 16.7. The Morgan fingerprint density at radius 1 is 1.24 bits per heavy atom. The number of nitrogen functional groups attached to an aromatic ring is 2. The molecule has 13 nitrogen and oxygen atoms in total. The molecular formula is C34H39BrClN9O4S. The minimum atomic E-state index is -0.462. The van der Waals surface area contributed by atoms with Crippen LogP contribution in [0.25, 0.3) is 0 Å². The number of ketones is 1. The average Bonchev–Trinajstić information content (AvgIpc) is 3.60. The van der Waals surface area contributed by atoms with Gasteiger partial charge < -0.3 is 36.6 Å². The number of rotatable bonds is 9. The number of piperidine rings is 2. The van der Waals surface area contributed by atoms with Gasteiger partial charge in [0.2, 0.25) is 5.78 Å². The molecule has 6 N–H and O–H groups in total. The zero-order valence-corrected chi connectivity index (χ0v) is 30.7. The maximum atomic E-state index is 13.4. The van der Waals surface area contributed by atoms with E-state index in [9.17, 15) is 14.4 Å². The van der Waals surface area contributed by atoms with E-state index in [4.69, 9.17) is 27.8 Å². The van der Waals surface area contributed by atoms with Crippen LogP contribution < -0.4 is 27.0 Å². The van der Waals surface area contributed by atoms with Gasteiger partial charge in [-0.05, 0) is 55.9 Å². The highest BCUT2D eigenvalue weighted by molar-refractivity contribution is 9.10. The fourth-order valence-corrected chi connectivity index (χ4v) is 9.23. The Morgan fingerprint density at radius 3 is 2.76 bits per heavy atom. The lowest BCUT2D eigenvalue weighted by Crippen LogP contribution is -2.52. The van der Waals surface area contributed by atoms with Crippen LogP contribution in [-0.4, -0.2) is 88.3 Å². The molecule has 0 radical (unpaired) electrons. The minimum absolute atomic E-state index is 0.00105. The largest absolute Gasteiger partial charge is 0.382 e. The van der Waals surface area contributed by atoms with Crippen LogP contribution in [0.4, 0.5) is 17.5 Å². The van der Waals surface area contributed by atoms with Gasteiger partial charge in [0.25, 0.3) is 5.91 Å². The molecule has 3 fully saturated rings. The van der Waals surface area contributed by atoms with Gasteiger partial charge in [-0.2, -0.15) is 0 Å². The van der Waals surface area contributed by atoms with Crippen LogP contribution in [0.1, 0.15) is 54.1 Å². The van der Waals surface area contributed by atoms with Crippen LogP contribution in [0.2, 0.25) is 5.02 Å². The molecule has 16 heteroatoms. The molecule has 2 aromatic heterocycles. The molecule has 264 valence electrons. The van der Waals surface area contributed by atoms with Crippen molar-refractivity contribution in [1.82, 2.24) is 30.5 Å². The molecule has 1 amide bonds. The summed E-state index contributed by atoms with van der Waals surface area (Å²) < 4.78 is 7.15. The normalized spacial score (nSPS) is 24.5. The number of hydrogen-bond donors (Lipinski definition) is 4. The van der Waals surface area contributed by atoms with Crippen molar-refractivity contribution in [2.45, 2.75) is 79.8 Å². The molecule has 1 spiro atoms. The van der Waals surface area contributed by atoms with Gasteiger partial charge in [0.1, 0.15) is 16.7 Å². The lowest BCUT2D eigenvalue weighted by Gasteiger charge is -2.43. The summed E-state index contributed by atoms with van der Waals surface area (Å²) in [7, 11) is 0. The number of fused-ring (bicyclic) bond motifs is 1. The molecule has 0 bridgehead atoms. The summed E-state index contributed by atoms with van der Waals surface area (Å²) in [5.41, 5.74) is 14.9. The van der Waals surface area contributed by atoms with Crippen molar-refractivity contribution < 1.29 is 19.1 Å². The number of nitrogens with zero attached hydrogens (tertiary/aromatic N) is 5. The topological polar surface area (TPSA) is 182 Å². The molecule has 6 heterocycles. The molecule has 4 atom stereocenters. The number of pyridine rings is 1. The van der Waals surface area contributed by atoms with E-state index in [1.54, 1.807) is 18.5 Å². The average molecular weight is 785 g/mol. The molecule has 4 aliphatic rings. The van der Waals surface area contributed by atoms with Crippen molar-refractivity contribution in [2.75, 3.05) is 42.6 Å². The maximum Gasteiger partial charge on any atom is 0.254 e. The number of anilines is 3. The highest BCUT2D eigenvalue weighted by atomic mass is 79.9. The highest BCUT2D eigenvalue weighted by Gasteiger charge is 2.49. The van der Waals surface area contributed by atoms with Gasteiger partial charge in [0, 0.05) is 71.4 Å². The van der Waals surface area contributed by atoms with Gasteiger partial charge in [0.05, 0.1) is 30.0 Å². The molecule has 1 aromatic carbocycles. The van der Waals surface area contributed by atoms with E-state index in [0.717, 1.165) is 47.3 Å². The second-order valence-electron chi connectivity index (χ2n) is 13.5. The molecule has 3 aromatic rings. The van der Waals surface area contributed by atoms with Crippen LogP contribution in [0.15, 0.2) is 45.0 Å². The molecule has 50 heavy (non-hydrogen) atoms. The Bertz CT molecular complexity index is 1820. The zero-order valence-electron chi connectivity index (χ0n) is 27.5. The van der Waals surface area contributed by atoms with E-state index in [1.807, 2.05) is 11.0 Å². The molecule has 4 aliphatic heterocycles. The van der Waals surface area contributed by atoms with Gasteiger partial charge in [-0.25, -0.2) is 15.0 Å². The van der Waals surface area contributed by atoms with Gasteiger partial charge in [0.15, 0.2) is 12.1 Å². The number of aldehydes is 1. The highest BCUT2D eigenvalue weighted by Crippen LogP contribution is 2.44. The van der Waals surface area contributed by atoms with Crippen molar-refractivity contribution in [3.05, 3.63) is 56.8 Å². The first kappa shape index (κ1) is 35.1. The van der Waals surface area contributed by atoms with Gasteiger partial charge in [-0.3, -0.25) is 14.4 Å². The number of halogens is 2. The molecule has 7 rings (SSSR count). The second kappa shape index (κ2) is 14.4. The predicted octanol–water partition coefficient (Wildman–Crippen LogP) is 3.61. The third-order valence-corrected chi connectivity index (χ3v) is 12.9. The Hall–Kier alpha value is -3.34. The van der Waals surface area contributed by atoms with Gasteiger partial charge >= 0.3 is 0 Å². The first-order valence-corrected chi connectivity index (χ1v) is 18.7. The fraction of sp³-hybridized carbons (Fsp3) is 0.471. The number of ether oxygens (including phenoxy) is 1. The number of benzene rings is 1. The number of amides is 1. The summed E-state index contributed by atoms with van der Waals surface area (Å²) in [6, 6.07) is 5.48. The molecule has 2 unspecified atom stereocenters. The number of carbonyl (C=O) groups excluding carboxylic acids is 3. The Labute approximate surface area is 307 Å². The number of nitrogens with two attached hydrogens (primary N) is 2. The van der Waals surface area contributed by atoms with Crippen LogP contribution in [-0.2, 0) is 27.4 Å². The summed E-state index contributed by atoms with van der Waals surface area (Å²) in [6.07, 6.45) is 6.81. The van der Waals surface area contributed by atoms with Crippen molar-refractivity contribution in [3.8, 4) is 0 Å². The SMILES string of the molecule is C[C@@H]1OCC2(CCN(c3cnc(Sc4ccnc(N)c4Cl)c(N)n3)CC2)[C@@H]1NCc1cc2c(cc1Br)C(=O)N(C1CCC(C(=O)C=O)NC1)C2.